The van der Waals surface area contributed by atoms with Crippen LogP contribution in [0.25, 0.3) is 11.6 Å². The van der Waals surface area contributed by atoms with E-state index in [0.29, 0.717) is 13.2 Å². The Morgan fingerprint density at radius 3 is 1.76 bits per heavy atom. The van der Waals surface area contributed by atoms with Gasteiger partial charge in [0.05, 0.1) is 19.8 Å². The molecule has 252 valence electrons. The van der Waals surface area contributed by atoms with Gasteiger partial charge in [-0.1, -0.05) is 154 Å². The lowest BCUT2D eigenvalue weighted by Gasteiger charge is -2.42. The zero-order valence-corrected chi connectivity index (χ0v) is 30.6. The van der Waals surface area contributed by atoms with E-state index in [1.54, 1.807) is 0 Å². The summed E-state index contributed by atoms with van der Waals surface area (Å²) in [6.45, 7) is 17.1. The molecule has 0 saturated carbocycles. The molecule has 0 spiro atoms. The maximum Gasteiger partial charge on any atom is 0.475 e. The van der Waals surface area contributed by atoms with Crippen LogP contribution in [0.2, 0.25) is 0 Å². The number of phosphoric acid groups is 1. The van der Waals surface area contributed by atoms with E-state index in [9.17, 15) is 4.57 Å². The number of unbranched alkanes of at least 4 members (excludes halogenated alkanes) is 10. The van der Waals surface area contributed by atoms with Crippen LogP contribution < -0.4 is 0 Å². The van der Waals surface area contributed by atoms with E-state index in [1.165, 1.54) is 86.5 Å². The first-order chi connectivity index (χ1) is 21.5. The van der Waals surface area contributed by atoms with Gasteiger partial charge in [-0.3, -0.25) is 13.6 Å². The molecule has 1 aliphatic rings. The molecule has 45 heavy (non-hydrogen) atoms. The molecule has 5 heteroatoms. The molecule has 4 nitrogen and oxygen atoms in total. The van der Waals surface area contributed by atoms with Crippen molar-refractivity contribution in [1.29, 1.82) is 0 Å². The van der Waals surface area contributed by atoms with Gasteiger partial charge in [0, 0.05) is 0 Å². The fourth-order valence-corrected chi connectivity index (χ4v) is 7.50. The van der Waals surface area contributed by atoms with Crippen molar-refractivity contribution in [3.63, 3.8) is 0 Å². The summed E-state index contributed by atoms with van der Waals surface area (Å²) in [5.41, 5.74) is 8.00. The SMILES string of the molecule is CCCCCCCCOP(=O)(OCCCCCCCC)OCc1ccc(C=C(C)c2ccc3c(c2)C(C)(C)CCC3(C)C)cc1. The van der Waals surface area contributed by atoms with Crippen LogP contribution >= 0.6 is 7.82 Å². The van der Waals surface area contributed by atoms with E-state index in [4.69, 9.17) is 13.6 Å². The third-order valence-corrected chi connectivity index (χ3v) is 11.0. The number of rotatable bonds is 21. The third-order valence-electron chi connectivity index (χ3n) is 9.55. The molecule has 0 unspecified atom stereocenters. The second kappa shape index (κ2) is 18.6. The van der Waals surface area contributed by atoms with Crippen molar-refractivity contribution in [3.8, 4) is 0 Å². The maximum absolute atomic E-state index is 13.5. The smallest absolute Gasteiger partial charge is 0.287 e. The van der Waals surface area contributed by atoms with E-state index >= 15 is 0 Å². The number of hydrogen-bond acceptors (Lipinski definition) is 4. The van der Waals surface area contributed by atoms with Crippen LogP contribution in [0, 0.1) is 0 Å². The molecule has 0 aromatic heterocycles. The van der Waals surface area contributed by atoms with Crippen LogP contribution in [0.1, 0.15) is 166 Å². The Bertz CT molecular complexity index is 1210. The predicted octanol–water partition coefficient (Wildman–Crippen LogP) is 13.0. The van der Waals surface area contributed by atoms with Crippen LogP contribution in [-0.4, -0.2) is 13.2 Å². The minimum atomic E-state index is -3.62. The standard InChI is InChI=1S/C40H63O4P/c1-8-10-12-14-16-18-28-42-45(41,43-29-19-17-15-13-11-9-2)44-32-35-22-20-34(21-23-35)30-33(3)36-24-25-37-38(31-36)40(6,7)27-26-39(37,4)5/h20-25,30-31H,8-19,26-29,32H2,1-7H3. The average Bonchev–Trinajstić information content (AvgIpc) is 3.02. The van der Waals surface area contributed by atoms with Crippen molar-refractivity contribution in [3.05, 3.63) is 70.3 Å². The number of benzene rings is 2. The largest absolute Gasteiger partial charge is 0.475 e. The Hall–Kier alpha value is -1.71. The third kappa shape index (κ3) is 12.4. The lowest BCUT2D eigenvalue weighted by atomic mass is 9.63. The number of allylic oxidation sites excluding steroid dienone is 1. The summed E-state index contributed by atoms with van der Waals surface area (Å²) >= 11 is 0. The van der Waals surface area contributed by atoms with Gasteiger partial charge in [0.25, 0.3) is 0 Å². The Morgan fingerprint density at radius 1 is 0.689 bits per heavy atom. The molecular weight excluding hydrogens is 575 g/mol. The molecule has 0 N–H and O–H groups in total. The van der Waals surface area contributed by atoms with Crippen molar-refractivity contribution < 1.29 is 18.1 Å². The highest BCUT2D eigenvalue weighted by Crippen LogP contribution is 2.50. The van der Waals surface area contributed by atoms with Crippen LogP contribution in [0.3, 0.4) is 0 Å². The molecule has 0 amide bonds. The van der Waals surface area contributed by atoms with Gasteiger partial charge < -0.3 is 0 Å². The quantitative estimate of drug-likeness (QED) is 0.0775. The van der Waals surface area contributed by atoms with Crippen LogP contribution in [0.5, 0.6) is 0 Å². The molecular formula is C40H63O4P. The summed E-state index contributed by atoms with van der Waals surface area (Å²) in [5, 5.41) is 0. The van der Waals surface area contributed by atoms with Gasteiger partial charge in [0.1, 0.15) is 0 Å². The van der Waals surface area contributed by atoms with Gasteiger partial charge in [0.2, 0.25) is 0 Å². The summed E-state index contributed by atoms with van der Waals surface area (Å²) < 4.78 is 31.0. The van der Waals surface area contributed by atoms with Crippen molar-refractivity contribution in [2.75, 3.05) is 13.2 Å². The van der Waals surface area contributed by atoms with E-state index in [-0.39, 0.29) is 17.4 Å². The summed E-state index contributed by atoms with van der Waals surface area (Å²) in [6.07, 6.45) is 18.4. The Kier molecular flexibility index (Phi) is 15.6. The first-order valence-electron chi connectivity index (χ1n) is 18.0. The Balaban J connectivity index is 1.59. The molecule has 2 aromatic carbocycles. The van der Waals surface area contributed by atoms with Gasteiger partial charge in [-0.15, -0.1) is 0 Å². The highest BCUT2D eigenvalue weighted by molar-refractivity contribution is 7.48. The molecule has 0 radical (unpaired) electrons. The molecule has 0 saturated heterocycles. The highest BCUT2D eigenvalue weighted by Gasteiger charge is 2.37. The zero-order valence-electron chi connectivity index (χ0n) is 29.7. The number of fused-ring (bicyclic) bond motifs is 1. The number of phosphoric ester groups is 1. The van der Waals surface area contributed by atoms with Crippen LogP contribution in [0.15, 0.2) is 42.5 Å². The van der Waals surface area contributed by atoms with Gasteiger partial charge in [-0.25, -0.2) is 4.57 Å². The fraction of sp³-hybridized carbons (Fsp3) is 0.650. The van der Waals surface area contributed by atoms with Crippen molar-refractivity contribution in [2.24, 2.45) is 0 Å². The molecule has 0 atom stereocenters. The van der Waals surface area contributed by atoms with Gasteiger partial charge in [-0.05, 0) is 76.8 Å². The van der Waals surface area contributed by atoms with Crippen LogP contribution in [0.4, 0.5) is 0 Å². The highest BCUT2D eigenvalue weighted by atomic mass is 31.2. The van der Waals surface area contributed by atoms with Crippen LogP contribution in [-0.2, 0) is 35.6 Å². The average molecular weight is 639 g/mol. The topological polar surface area (TPSA) is 44.8 Å². The summed E-state index contributed by atoms with van der Waals surface area (Å²) in [4.78, 5) is 0. The van der Waals surface area contributed by atoms with Crippen molar-refractivity contribution >= 4 is 19.5 Å². The Morgan fingerprint density at radius 2 is 1.20 bits per heavy atom. The molecule has 2 aromatic rings. The zero-order chi connectivity index (χ0) is 32.8. The first-order valence-corrected chi connectivity index (χ1v) is 19.4. The summed E-state index contributed by atoms with van der Waals surface area (Å²) in [5.74, 6) is 0. The van der Waals surface area contributed by atoms with Gasteiger partial charge in [0.15, 0.2) is 0 Å². The molecule has 0 fully saturated rings. The predicted molar refractivity (Wildman–Crippen MR) is 193 cm³/mol. The lowest BCUT2D eigenvalue weighted by Crippen LogP contribution is -2.33. The first kappa shape index (κ1) is 37.7. The minimum absolute atomic E-state index is 0.193. The van der Waals surface area contributed by atoms with Crippen molar-refractivity contribution in [1.82, 2.24) is 0 Å². The normalized spacial score (nSPS) is 16.1. The van der Waals surface area contributed by atoms with E-state index in [2.05, 4.69) is 84.9 Å². The molecule has 3 rings (SSSR count). The molecule has 0 aliphatic heterocycles. The fourth-order valence-electron chi connectivity index (χ4n) is 6.26. The van der Waals surface area contributed by atoms with Crippen molar-refractivity contribution in [2.45, 2.75) is 156 Å². The Labute approximate surface area is 276 Å². The second-order valence-corrected chi connectivity index (χ2v) is 16.2. The molecule has 0 heterocycles. The monoisotopic (exact) mass is 638 g/mol. The van der Waals surface area contributed by atoms with E-state index in [0.717, 1.165) is 36.8 Å². The summed E-state index contributed by atoms with van der Waals surface area (Å²) in [7, 11) is -3.62. The van der Waals surface area contributed by atoms with Gasteiger partial charge in [-0.2, -0.15) is 0 Å². The van der Waals surface area contributed by atoms with E-state index < -0.39 is 7.82 Å². The van der Waals surface area contributed by atoms with Gasteiger partial charge >= 0.3 is 7.82 Å². The molecule has 0 bridgehead atoms. The number of hydrogen-bond donors (Lipinski definition) is 0. The maximum atomic E-state index is 13.5. The molecule has 1 aliphatic carbocycles. The van der Waals surface area contributed by atoms with E-state index in [1.807, 2.05) is 12.1 Å². The lowest BCUT2D eigenvalue weighted by molar-refractivity contribution is 0.105. The summed E-state index contributed by atoms with van der Waals surface area (Å²) in [6, 6.07) is 15.3. The second-order valence-electron chi connectivity index (χ2n) is 14.5. The minimum Gasteiger partial charge on any atom is -0.287 e.